The van der Waals surface area contributed by atoms with E-state index in [1.165, 1.54) is 12.3 Å². The number of likely N-dealkylation sites (N-methyl/N-ethyl adjacent to an activating group) is 1. The molecule has 0 fully saturated rings. The Morgan fingerprint density at radius 2 is 2.00 bits per heavy atom. The maximum atomic E-state index is 12.2. The van der Waals surface area contributed by atoms with E-state index >= 15 is 0 Å². The van der Waals surface area contributed by atoms with Gasteiger partial charge in [0.15, 0.2) is 5.78 Å². The lowest BCUT2D eigenvalue weighted by Gasteiger charge is -2.22. The number of benzene rings is 1. The van der Waals surface area contributed by atoms with Crippen molar-refractivity contribution in [2.24, 2.45) is 0 Å². The SMILES string of the molecule is CCN(CC(=O)c1cc([N+](=O)[O-])c[nH]1)c1ccc(C)cc1. The molecule has 6 nitrogen and oxygen atoms in total. The monoisotopic (exact) mass is 287 g/mol. The molecule has 6 heteroatoms. The Labute approximate surface area is 122 Å². The summed E-state index contributed by atoms with van der Waals surface area (Å²) >= 11 is 0. The molecule has 1 aromatic carbocycles. The van der Waals surface area contributed by atoms with Crippen LogP contribution in [0.1, 0.15) is 23.0 Å². The normalized spacial score (nSPS) is 10.4. The molecule has 0 amide bonds. The molecular formula is C15H17N3O3. The number of rotatable bonds is 6. The van der Waals surface area contributed by atoms with Gasteiger partial charge in [-0.2, -0.15) is 0 Å². The van der Waals surface area contributed by atoms with E-state index in [2.05, 4.69) is 4.98 Å². The summed E-state index contributed by atoms with van der Waals surface area (Å²) in [6.07, 6.45) is 1.23. The molecule has 0 radical (unpaired) electrons. The zero-order valence-electron chi connectivity index (χ0n) is 12.0. The number of anilines is 1. The van der Waals surface area contributed by atoms with Gasteiger partial charge in [-0.05, 0) is 26.0 Å². The molecule has 0 aliphatic carbocycles. The number of Topliss-reactive ketones (excluding diaryl/α,β-unsaturated/α-hetero) is 1. The van der Waals surface area contributed by atoms with E-state index in [0.717, 1.165) is 11.3 Å². The Morgan fingerprint density at radius 1 is 1.33 bits per heavy atom. The molecule has 0 aliphatic heterocycles. The Hall–Kier alpha value is -2.63. The van der Waals surface area contributed by atoms with Crippen LogP contribution in [0.5, 0.6) is 0 Å². The fourth-order valence-corrected chi connectivity index (χ4v) is 2.05. The number of nitrogens with one attached hydrogen (secondary N) is 1. The summed E-state index contributed by atoms with van der Waals surface area (Å²) in [6.45, 7) is 4.82. The van der Waals surface area contributed by atoms with E-state index in [0.29, 0.717) is 6.54 Å². The lowest BCUT2D eigenvalue weighted by Crippen LogP contribution is -2.29. The second kappa shape index (κ2) is 6.21. The van der Waals surface area contributed by atoms with Crippen LogP contribution in [0.3, 0.4) is 0 Å². The number of aromatic amines is 1. The highest BCUT2D eigenvalue weighted by Crippen LogP contribution is 2.17. The predicted octanol–water partition coefficient (Wildman–Crippen LogP) is 2.94. The van der Waals surface area contributed by atoms with Gasteiger partial charge in [-0.25, -0.2) is 0 Å². The number of carbonyl (C=O) groups is 1. The van der Waals surface area contributed by atoms with Crippen LogP contribution in [0.25, 0.3) is 0 Å². The van der Waals surface area contributed by atoms with E-state index in [1.807, 2.05) is 43.0 Å². The van der Waals surface area contributed by atoms with Crippen LogP contribution in [0, 0.1) is 17.0 Å². The first-order chi connectivity index (χ1) is 10.0. The largest absolute Gasteiger partial charge is 0.364 e. The van der Waals surface area contributed by atoms with Gasteiger partial charge < -0.3 is 9.88 Å². The first-order valence-corrected chi connectivity index (χ1v) is 6.69. The van der Waals surface area contributed by atoms with Crippen LogP contribution in [0.2, 0.25) is 0 Å². The van der Waals surface area contributed by atoms with Crippen molar-refractivity contribution in [1.82, 2.24) is 4.98 Å². The van der Waals surface area contributed by atoms with E-state index in [1.54, 1.807) is 0 Å². The third-order valence-electron chi connectivity index (χ3n) is 3.29. The van der Waals surface area contributed by atoms with Crippen molar-refractivity contribution in [2.75, 3.05) is 18.0 Å². The van der Waals surface area contributed by atoms with Crippen LogP contribution >= 0.6 is 0 Å². The Balaban J connectivity index is 2.12. The van der Waals surface area contributed by atoms with E-state index in [-0.39, 0.29) is 23.7 Å². The molecule has 0 unspecified atom stereocenters. The summed E-state index contributed by atoms with van der Waals surface area (Å²) in [7, 11) is 0. The van der Waals surface area contributed by atoms with Crippen molar-refractivity contribution < 1.29 is 9.72 Å². The molecule has 1 aromatic heterocycles. The Kier molecular flexibility index (Phi) is 4.37. The van der Waals surface area contributed by atoms with Gasteiger partial charge in [0.05, 0.1) is 23.4 Å². The molecule has 1 heterocycles. The van der Waals surface area contributed by atoms with E-state index in [4.69, 9.17) is 0 Å². The third-order valence-corrected chi connectivity index (χ3v) is 3.29. The van der Waals surface area contributed by atoms with Gasteiger partial charge in [-0.3, -0.25) is 14.9 Å². The van der Waals surface area contributed by atoms with Crippen LogP contribution in [-0.4, -0.2) is 28.8 Å². The summed E-state index contributed by atoms with van der Waals surface area (Å²) < 4.78 is 0. The summed E-state index contributed by atoms with van der Waals surface area (Å²) in [4.78, 5) is 26.9. The number of H-pyrrole nitrogens is 1. The number of nitro groups is 1. The molecule has 0 aliphatic rings. The molecule has 0 spiro atoms. The molecular weight excluding hydrogens is 270 g/mol. The number of hydrogen-bond acceptors (Lipinski definition) is 4. The highest BCUT2D eigenvalue weighted by Gasteiger charge is 2.17. The minimum atomic E-state index is -0.523. The number of nitrogens with zero attached hydrogens (tertiary/aromatic N) is 2. The summed E-state index contributed by atoms with van der Waals surface area (Å²) in [5.74, 6) is -0.175. The van der Waals surface area contributed by atoms with Crippen molar-refractivity contribution in [3.63, 3.8) is 0 Å². The quantitative estimate of drug-likeness (QED) is 0.503. The molecule has 0 atom stereocenters. The van der Waals surface area contributed by atoms with Gasteiger partial charge in [0.2, 0.25) is 0 Å². The van der Waals surface area contributed by atoms with Crippen molar-refractivity contribution >= 4 is 17.2 Å². The first-order valence-electron chi connectivity index (χ1n) is 6.69. The fraction of sp³-hybridized carbons (Fsp3) is 0.267. The number of aryl methyl sites for hydroxylation is 1. The number of carbonyl (C=O) groups excluding carboxylic acids is 1. The third kappa shape index (κ3) is 3.47. The molecule has 0 bridgehead atoms. The maximum Gasteiger partial charge on any atom is 0.287 e. The standard InChI is InChI=1S/C15H17N3O3/c1-3-17(12-6-4-11(2)5-7-12)10-15(19)14-8-13(9-16-14)18(20)21/h4-9,16H,3,10H2,1-2H3. The van der Waals surface area contributed by atoms with Crippen molar-refractivity contribution in [1.29, 1.82) is 0 Å². The fourth-order valence-electron chi connectivity index (χ4n) is 2.05. The number of ketones is 1. The van der Waals surface area contributed by atoms with Crippen LogP contribution in [0.15, 0.2) is 36.5 Å². The molecule has 2 aromatic rings. The van der Waals surface area contributed by atoms with Crippen molar-refractivity contribution in [3.8, 4) is 0 Å². The zero-order valence-corrected chi connectivity index (χ0v) is 12.0. The van der Waals surface area contributed by atoms with Gasteiger partial charge >= 0.3 is 0 Å². The summed E-state index contributed by atoms with van der Waals surface area (Å²) in [5.41, 5.74) is 2.27. The minimum absolute atomic E-state index is 0.100. The van der Waals surface area contributed by atoms with Gasteiger partial charge in [0.1, 0.15) is 0 Å². The van der Waals surface area contributed by atoms with E-state index < -0.39 is 4.92 Å². The number of hydrogen-bond donors (Lipinski definition) is 1. The van der Waals surface area contributed by atoms with Crippen molar-refractivity contribution in [3.05, 3.63) is 57.9 Å². The van der Waals surface area contributed by atoms with Crippen molar-refractivity contribution in [2.45, 2.75) is 13.8 Å². The zero-order chi connectivity index (χ0) is 15.4. The van der Waals surface area contributed by atoms with Crippen LogP contribution in [-0.2, 0) is 0 Å². The predicted molar refractivity (Wildman–Crippen MR) is 80.8 cm³/mol. The van der Waals surface area contributed by atoms with Crippen LogP contribution < -0.4 is 4.90 Å². The van der Waals surface area contributed by atoms with Crippen LogP contribution in [0.4, 0.5) is 11.4 Å². The Bertz CT molecular complexity index is 646. The minimum Gasteiger partial charge on any atom is -0.364 e. The lowest BCUT2D eigenvalue weighted by molar-refractivity contribution is -0.384. The summed E-state index contributed by atoms with van der Waals surface area (Å²) in [5, 5.41) is 10.6. The van der Waals surface area contributed by atoms with Gasteiger partial charge in [0, 0.05) is 18.3 Å². The molecule has 0 saturated heterocycles. The van der Waals surface area contributed by atoms with Gasteiger partial charge in [-0.1, -0.05) is 17.7 Å². The smallest absolute Gasteiger partial charge is 0.287 e. The highest BCUT2D eigenvalue weighted by atomic mass is 16.6. The average molecular weight is 287 g/mol. The molecule has 0 saturated carbocycles. The number of aromatic nitrogens is 1. The molecule has 2 rings (SSSR count). The average Bonchev–Trinajstić information content (AvgIpc) is 2.96. The second-order valence-electron chi connectivity index (χ2n) is 4.80. The first kappa shape index (κ1) is 14.8. The maximum absolute atomic E-state index is 12.2. The van der Waals surface area contributed by atoms with E-state index in [9.17, 15) is 14.9 Å². The molecule has 1 N–H and O–H groups in total. The molecule has 110 valence electrons. The van der Waals surface area contributed by atoms with Gasteiger partial charge in [0.25, 0.3) is 5.69 Å². The summed E-state index contributed by atoms with van der Waals surface area (Å²) in [6, 6.07) is 9.17. The van der Waals surface area contributed by atoms with Gasteiger partial charge in [-0.15, -0.1) is 0 Å². The lowest BCUT2D eigenvalue weighted by atomic mass is 10.2. The topological polar surface area (TPSA) is 79.2 Å². The highest BCUT2D eigenvalue weighted by molar-refractivity contribution is 5.98. The Morgan fingerprint density at radius 3 is 2.52 bits per heavy atom. The second-order valence-corrected chi connectivity index (χ2v) is 4.80. The molecule has 21 heavy (non-hydrogen) atoms.